The maximum absolute atomic E-state index is 6.52. The van der Waals surface area contributed by atoms with E-state index in [1.807, 2.05) is 0 Å². The summed E-state index contributed by atoms with van der Waals surface area (Å²) >= 11 is 6.52. The summed E-state index contributed by atoms with van der Waals surface area (Å²) in [6.45, 7) is 5.73. The molecule has 0 amide bonds. The third kappa shape index (κ3) is 3.55. The van der Waals surface area contributed by atoms with Gasteiger partial charge >= 0.3 is 0 Å². The van der Waals surface area contributed by atoms with Crippen LogP contribution in [0.25, 0.3) is 0 Å². The van der Waals surface area contributed by atoms with Crippen molar-refractivity contribution >= 4 is 11.6 Å². The van der Waals surface area contributed by atoms with Crippen LogP contribution in [-0.2, 0) is 6.54 Å². The van der Waals surface area contributed by atoms with Gasteiger partial charge in [0, 0.05) is 18.1 Å². The predicted molar refractivity (Wildman–Crippen MR) is 85.4 cm³/mol. The van der Waals surface area contributed by atoms with E-state index in [0.717, 1.165) is 24.7 Å². The van der Waals surface area contributed by atoms with Crippen LogP contribution < -0.4 is 5.32 Å². The number of hydrogen-bond donors (Lipinski definition) is 1. The summed E-state index contributed by atoms with van der Waals surface area (Å²) in [5.74, 6) is 0.644. The molecule has 1 atom stereocenters. The number of halogens is 1. The first kappa shape index (κ1) is 14.4. The predicted octanol–water partition coefficient (Wildman–Crippen LogP) is 3.79. The van der Waals surface area contributed by atoms with Crippen molar-refractivity contribution in [3.63, 3.8) is 0 Å². The van der Waals surface area contributed by atoms with Crippen LogP contribution in [0.2, 0.25) is 5.02 Å². The Hall–Kier alpha value is -0.570. The third-order valence-electron chi connectivity index (χ3n) is 4.69. The van der Waals surface area contributed by atoms with Crippen molar-refractivity contribution in [3.05, 3.63) is 34.3 Å². The van der Waals surface area contributed by atoms with E-state index in [-0.39, 0.29) is 0 Å². The Kier molecular flexibility index (Phi) is 4.98. The third-order valence-corrected chi connectivity index (χ3v) is 5.04. The van der Waals surface area contributed by atoms with E-state index in [4.69, 9.17) is 11.6 Å². The van der Waals surface area contributed by atoms with E-state index in [9.17, 15) is 0 Å². The zero-order valence-electron chi connectivity index (χ0n) is 12.2. The molecule has 2 fully saturated rings. The van der Waals surface area contributed by atoms with Crippen molar-refractivity contribution in [3.8, 4) is 0 Å². The summed E-state index contributed by atoms with van der Waals surface area (Å²) in [7, 11) is 0. The largest absolute Gasteiger partial charge is 0.316 e. The first-order chi connectivity index (χ1) is 9.83. The monoisotopic (exact) mass is 292 g/mol. The number of rotatable bonds is 3. The molecule has 0 aromatic heterocycles. The van der Waals surface area contributed by atoms with E-state index in [1.54, 1.807) is 0 Å². The van der Waals surface area contributed by atoms with Gasteiger partial charge in [-0.1, -0.05) is 30.2 Å². The molecule has 2 aliphatic heterocycles. The molecule has 0 saturated carbocycles. The first-order valence-electron chi connectivity index (χ1n) is 8.04. The average molecular weight is 293 g/mol. The van der Waals surface area contributed by atoms with Gasteiger partial charge in [0.2, 0.25) is 0 Å². The second-order valence-electron chi connectivity index (χ2n) is 6.23. The normalized spacial score (nSPS) is 24.8. The summed E-state index contributed by atoms with van der Waals surface area (Å²) in [4.78, 5) is 2.53. The molecule has 2 nitrogen and oxygen atoms in total. The fraction of sp³-hybridized carbons (Fsp3) is 0.647. The minimum atomic E-state index is 0.644. The summed E-state index contributed by atoms with van der Waals surface area (Å²) in [6, 6.07) is 6.75. The van der Waals surface area contributed by atoms with E-state index in [0.29, 0.717) is 5.92 Å². The standard InChI is InChI=1S/C17H25ClN2/c18-17-11-14(15-5-4-8-19-12-15)6-7-16(17)13-20-9-2-1-3-10-20/h6-7,11,15,19H,1-5,8-10,12-13H2. The Labute approximate surface area is 127 Å². The molecule has 110 valence electrons. The topological polar surface area (TPSA) is 15.3 Å². The zero-order chi connectivity index (χ0) is 13.8. The van der Waals surface area contributed by atoms with E-state index in [1.165, 1.54) is 56.3 Å². The molecule has 0 spiro atoms. The molecule has 0 aliphatic carbocycles. The van der Waals surface area contributed by atoms with Crippen molar-refractivity contribution in [2.45, 2.75) is 44.6 Å². The van der Waals surface area contributed by atoms with E-state index >= 15 is 0 Å². The van der Waals surface area contributed by atoms with Gasteiger partial charge in [0.15, 0.2) is 0 Å². The molecule has 0 bridgehead atoms. The highest BCUT2D eigenvalue weighted by molar-refractivity contribution is 6.31. The van der Waals surface area contributed by atoms with Crippen LogP contribution in [0.15, 0.2) is 18.2 Å². The highest BCUT2D eigenvalue weighted by Gasteiger charge is 2.17. The fourth-order valence-corrected chi connectivity index (χ4v) is 3.69. The fourth-order valence-electron chi connectivity index (χ4n) is 3.44. The number of hydrogen-bond acceptors (Lipinski definition) is 2. The van der Waals surface area contributed by atoms with Crippen LogP contribution in [-0.4, -0.2) is 31.1 Å². The Bertz CT molecular complexity index is 435. The van der Waals surface area contributed by atoms with Gasteiger partial charge in [-0.3, -0.25) is 4.90 Å². The molecule has 20 heavy (non-hydrogen) atoms. The maximum atomic E-state index is 6.52. The minimum absolute atomic E-state index is 0.644. The van der Waals surface area contributed by atoms with Crippen LogP contribution in [0, 0.1) is 0 Å². The molecule has 2 heterocycles. The van der Waals surface area contributed by atoms with E-state index in [2.05, 4.69) is 28.4 Å². The van der Waals surface area contributed by atoms with Crippen LogP contribution in [0.1, 0.15) is 49.1 Å². The number of nitrogens with zero attached hydrogens (tertiary/aromatic N) is 1. The second-order valence-corrected chi connectivity index (χ2v) is 6.64. The van der Waals surface area contributed by atoms with Crippen molar-refractivity contribution in [1.82, 2.24) is 10.2 Å². The molecule has 0 radical (unpaired) electrons. The number of benzene rings is 1. The highest BCUT2D eigenvalue weighted by Crippen LogP contribution is 2.28. The van der Waals surface area contributed by atoms with Gasteiger partial charge in [0.25, 0.3) is 0 Å². The lowest BCUT2D eigenvalue weighted by Gasteiger charge is -2.27. The average Bonchev–Trinajstić information content (AvgIpc) is 2.51. The molecule has 1 unspecified atom stereocenters. The van der Waals surface area contributed by atoms with Gasteiger partial charge in [-0.05, 0) is 68.4 Å². The molecular formula is C17H25ClN2. The second kappa shape index (κ2) is 6.93. The van der Waals surface area contributed by atoms with Crippen LogP contribution >= 0.6 is 11.6 Å². The van der Waals surface area contributed by atoms with Crippen LogP contribution in [0.3, 0.4) is 0 Å². The molecule has 1 aromatic rings. The Morgan fingerprint density at radius 2 is 2.00 bits per heavy atom. The van der Waals surface area contributed by atoms with E-state index < -0.39 is 0 Å². The van der Waals surface area contributed by atoms with Gasteiger partial charge in [-0.2, -0.15) is 0 Å². The lowest BCUT2D eigenvalue weighted by Crippen LogP contribution is -2.29. The van der Waals surface area contributed by atoms with Crippen molar-refractivity contribution in [1.29, 1.82) is 0 Å². The molecular weight excluding hydrogens is 268 g/mol. The van der Waals surface area contributed by atoms with Gasteiger partial charge in [-0.25, -0.2) is 0 Å². The molecule has 2 saturated heterocycles. The number of likely N-dealkylation sites (tertiary alicyclic amines) is 1. The molecule has 3 rings (SSSR count). The Morgan fingerprint density at radius 1 is 1.15 bits per heavy atom. The summed E-state index contributed by atoms with van der Waals surface area (Å²) in [5, 5.41) is 4.44. The maximum Gasteiger partial charge on any atom is 0.0453 e. The quantitative estimate of drug-likeness (QED) is 0.912. The summed E-state index contributed by atoms with van der Waals surface area (Å²) < 4.78 is 0. The van der Waals surface area contributed by atoms with Crippen molar-refractivity contribution in [2.24, 2.45) is 0 Å². The zero-order valence-corrected chi connectivity index (χ0v) is 13.0. The lowest BCUT2D eigenvalue weighted by molar-refractivity contribution is 0.221. The molecule has 3 heteroatoms. The van der Waals surface area contributed by atoms with Gasteiger partial charge in [0.05, 0.1) is 0 Å². The highest BCUT2D eigenvalue weighted by atomic mass is 35.5. The smallest absolute Gasteiger partial charge is 0.0453 e. The Balaban J connectivity index is 1.66. The number of nitrogens with one attached hydrogen (secondary N) is 1. The molecule has 1 aromatic carbocycles. The summed E-state index contributed by atoms with van der Waals surface area (Å²) in [5.41, 5.74) is 2.70. The van der Waals surface area contributed by atoms with Crippen molar-refractivity contribution < 1.29 is 0 Å². The SMILES string of the molecule is Clc1cc(C2CCCNC2)ccc1CN1CCCCC1. The first-order valence-corrected chi connectivity index (χ1v) is 8.42. The van der Waals surface area contributed by atoms with Gasteiger partial charge < -0.3 is 5.32 Å². The summed E-state index contributed by atoms with van der Waals surface area (Å²) in [6.07, 6.45) is 6.62. The lowest BCUT2D eigenvalue weighted by atomic mass is 9.91. The van der Waals surface area contributed by atoms with Gasteiger partial charge in [-0.15, -0.1) is 0 Å². The minimum Gasteiger partial charge on any atom is -0.316 e. The van der Waals surface area contributed by atoms with Crippen molar-refractivity contribution in [2.75, 3.05) is 26.2 Å². The van der Waals surface area contributed by atoms with Crippen LogP contribution in [0.5, 0.6) is 0 Å². The van der Waals surface area contributed by atoms with Gasteiger partial charge in [0.1, 0.15) is 0 Å². The molecule has 1 N–H and O–H groups in total. The number of piperidine rings is 2. The Morgan fingerprint density at radius 3 is 2.70 bits per heavy atom. The van der Waals surface area contributed by atoms with Crippen LogP contribution in [0.4, 0.5) is 0 Å². The molecule has 2 aliphatic rings.